The first-order chi connectivity index (χ1) is 8.51. The van der Waals surface area contributed by atoms with Crippen molar-refractivity contribution in [3.63, 3.8) is 0 Å². The molecule has 0 aliphatic rings. The van der Waals surface area contributed by atoms with Gasteiger partial charge in [0.05, 0.1) is 14.6 Å². The molecule has 1 amide bonds. The SMILES string of the molecule is Cc1ccc(Br)cc1S(C)(=O)=NC(=O)OC(C)(C)C. The zero-order valence-corrected chi connectivity index (χ0v) is 14.1. The zero-order valence-electron chi connectivity index (χ0n) is 11.7. The summed E-state index contributed by atoms with van der Waals surface area (Å²) in [7, 11) is -2.81. The summed E-state index contributed by atoms with van der Waals surface area (Å²) in [5, 5.41) is 0. The maximum atomic E-state index is 12.6. The number of nitrogens with zero attached hydrogens (tertiary/aromatic N) is 1. The molecular weight excluding hydrogens is 330 g/mol. The quantitative estimate of drug-likeness (QED) is 0.766. The topological polar surface area (TPSA) is 55.7 Å². The maximum absolute atomic E-state index is 12.6. The minimum Gasteiger partial charge on any atom is -0.442 e. The predicted octanol–water partition coefficient (Wildman–Crippen LogP) is 4.15. The molecule has 0 heterocycles. The molecule has 106 valence electrons. The second kappa shape index (κ2) is 5.63. The van der Waals surface area contributed by atoms with Gasteiger partial charge in [-0.25, -0.2) is 9.00 Å². The lowest BCUT2D eigenvalue weighted by Crippen LogP contribution is -2.22. The van der Waals surface area contributed by atoms with Crippen molar-refractivity contribution in [3.8, 4) is 0 Å². The van der Waals surface area contributed by atoms with Crippen LogP contribution in [-0.4, -0.2) is 22.2 Å². The van der Waals surface area contributed by atoms with Gasteiger partial charge in [-0.2, -0.15) is 0 Å². The minimum absolute atomic E-state index is 0.535. The van der Waals surface area contributed by atoms with E-state index in [9.17, 15) is 9.00 Å². The molecule has 0 aliphatic heterocycles. The molecule has 1 atom stereocenters. The number of aryl methyl sites for hydroxylation is 1. The normalized spacial score (nSPS) is 14.6. The van der Waals surface area contributed by atoms with E-state index < -0.39 is 21.4 Å². The van der Waals surface area contributed by atoms with Crippen LogP contribution in [0.25, 0.3) is 0 Å². The van der Waals surface area contributed by atoms with Crippen molar-refractivity contribution in [3.05, 3.63) is 28.2 Å². The Kier molecular flexibility index (Phi) is 4.79. The number of rotatable bonds is 1. The number of hydrogen-bond donors (Lipinski definition) is 0. The van der Waals surface area contributed by atoms with E-state index in [1.54, 1.807) is 26.8 Å². The van der Waals surface area contributed by atoms with Gasteiger partial charge in [-0.15, -0.1) is 4.36 Å². The standard InChI is InChI=1S/C13H18BrNO3S/c1-9-6-7-10(14)8-11(9)19(5,17)15-12(16)18-13(2,3)4/h6-8H,1-5H3. The second-order valence-electron chi connectivity index (χ2n) is 5.28. The van der Waals surface area contributed by atoms with Crippen LogP contribution < -0.4 is 0 Å². The molecule has 0 aromatic heterocycles. The Balaban J connectivity index is 3.20. The molecule has 0 fully saturated rings. The summed E-state index contributed by atoms with van der Waals surface area (Å²) < 4.78 is 22.1. The minimum atomic E-state index is -2.81. The largest absolute Gasteiger partial charge is 0.442 e. The molecule has 0 saturated heterocycles. The summed E-state index contributed by atoms with van der Waals surface area (Å²) in [6.45, 7) is 7.04. The Bertz CT molecular complexity index is 611. The number of halogens is 1. The first-order valence-electron chi connectivity index (χ1n) is 5.72. The average molecular weight is 348 g/mol. The predicted molar refractivity (Wildman–Crippen MR) is 79.9 cm³/mol. The lowest BCUT2D eigenvalue weighted by atomic mass is 10.2. The molecule has 0 bridgehead atoms. The fourth-order valence-corrected chi connectivity index (χ4v) is 3.40. The summed E-state index contributed by atoms with van der Waals surface area (Å²) >= 11 is 3.32. The highest BCUT2D eigenvalue weighted by atomic mass is 79.9. The molecule has 4 nitrogen and oxygen atoms in total. The monoisotopic (exact) mass is 347 g/mol. The smallest absolute Gasteiger partial charge is 0.442 e. The summed E-state index contributed by atoms with van der Waals surface area (Å²) in [4.78, 5) is 12.2. The van der Waals surface area contributed by atoms with E-state index in [1.807, 2.05) is 19.1 Å². The maximum Gasteiger partial charge on any atom is 0.442 e. The van der Waals surface area contributed by atoms with Crippen LogP contribution in [0.1, 0.15) is 26.3 Å². The molecule has 1 rings (SSSR count). The van der Waals surface area contributed by atoms with Gasteiger partial charge in [0, 0.05) is 10.7 Å². The van der Waals surface area contributed by atoms with Crippen molar-refractivity contribution in [2.75, 3.05) is 6.26 Å². The Morgan fingerprint density at radius 3 is 2.47 bits per heavy atom. The van der Waals surface area contributed by atoms with Crippen LogP contribution in [0.3, 0.4) is 0 Å². The fourth-order valence-electron chi connectivity index (χ4n) is 1.45. The van der Waals surface area contributed by atoms with Crippen molar-refractivity contribution in [2.24, 2.45) is 4.36 Å². The van der Waals surface area contributed by atoms with E-state index in [4.69, 9.17) is 4.74 Å². The van der Waals surface area contributed by atoms with Crippen LogP contribution in [-0.2, 0) is 14.5 Å². The summed E-state index contributed by atoms with van der Waals surface area (Å²) in [6, 6.07) is 5.39. The van der Waals surface area contributed by atoms with Crippen LogP contribution >= 0.6 is 15.9 Å². The zero-order chi connectivity index (χ0) is 14.8. The third-order valence-electron chi connectivity index (χ3n) is 2.20. The number of hydrogen-bond acceptors (Lipinski definition) is 3. The van der Waals surface area contributed by atoms with Gasteiger partial charge in [0.2, 0.25) is 0 Å². The van der Waals surface area contributed by atoms with Crippen LogP contribution in [0.15, 0.2) is 31.9 Å². The Labute approximate surface area is 122 Å². The van der Waals surface area contributed by atoms with E-state index in [2.05, 4.69) is 20.3 Å². The van der Waals surface area contributed by atoms with E-state index in [-0.39, 0.29) is 0 Å². The third-order valence-corrected chi connectivity index (χ3v) is 4.45. The lowest BCUT2D eigenvalue weighted by Gasteiger charge is -2.17. The van der Waals surface area contributed by atoms with Crippen molar-refractivity contribution < 1.29 is 13.7 Å². The fraction of sp³-hybridized carbons (Fsp3) is 0.462. The molecule has 19 heavy (non-hydrogen) atoms. The van der Waals surface area contributed by atoms with Crippen molar-refractivity contribution in [1.82, 2.24) is 0 Å². The van der Waals surface area contributed by atoms with Gasteiger partial charge in [-0.05, 0) is 45.4 Å². The highest BCUT2D eigenvalue weighted by molar-refractivity contribution is 9.10. The van der Waals surface area contributed by atoms with Crippen LogP contribution in [0.4, 0.5) is 4.79 Å². The highest BCUT2D eigenvalue weighted by Gasteiger charge is 2.19. The van der Waals surface area contributed by atoms with Gasteiger partial charge in [-0.3, -0.25) is 0 Å². The molecule has 0 N–H and O–H groups in total. The van der Waals surface area contributed by atoms with E-state index in [1.165, 1.54) is 6.26 Å². The number of carbonyl (C=O) groups is 1. The van der Waals surface area contributed by atoms with Gasteiger partial charge in [0.15, 0.2) is 0 Å². The van der Waals surface area contributed by atoms with Crippen molar-refractivity contribution in [2.45, 2.75) is 38.2 Å². The van der Waals surface area contributed by atoms with E-state index in [0.717, 1.165) is 10.0 Å². The third kappa shape index (κ3) is 4.95. The molecule has 1 unspecified atom stereocenters. The molecule has 0 spiro atoms. The summed E-state index contributed by atoms with van der Waals surface area (Å²) in [5.74, 6) is 0. The van der Waals surface area contributed by atoms with E-state index >= 15 is 0 Å². The van der Waals surface area contributed by atoms with Crippen LogP contribution in [0.2, 0.25) is 0 Å². The number of benzene rings is 1. The Hall–Kier alpha value is -0.880. The molecular formula is C13H18BrNO3S. The number of amides is 1. The molecule has 0 radical (unpaired) electrons. The number of carbonyl (C=O) groups excluding carboxylic acids is 1. The van der Waals surface area contributed by atoms with Gasteiger partial charge in [0.25, 0.3) is 0 Å². The van der Waals surface area contributed by atoms with Gasteiger partial charge in [-0.1, -0.05) is 22.0 Å². The average Bonchev–Trinajstić information content (AvgIpc) is 2.17. The van der Waals surface area contributed by atoms with Gasteiger partial charge in [0.1, 0.15) is 5.60 Å². The van der Waals surface area contributed by atoms with Crippen LogP contribution in [0, 0.1) is 6.92 Å². The molecule has 1 aromatic carbocycles. The molecule has 0 saturated carbocycles. The highest BCUT2D eigenvalue weighted by Crippen LogP contribution is 2.22. The lowest BCUT2D eigenvalue weighted by molar-refractivity contribution is 0.0607. The van der Waals surface area contributed by atoms with E-state index in [0.29, 0.717) is 4.90 Å². The first-order valence-corrected chi connectivity index (χ1v) is 8.44. The summed E-state index contributed by atoms with van der Waals surface area (Å²) in [5.41, 5.74) is 0.172. The number of ether oxygens (including phenoxy) is 1. The summed E-state index contributed by atoms with van der Waals surface area (Å²) in [6.07, 6.45) is 0.630. The molecule has 0 aliphatic carbocycles. The van der Waals surface area contributed by atoms with Gasteiger partial charge < -0.3 is 4.74 Å². The first kappa shape index (κ1) is 16.2. The Morgan fingerprint density at radius 2 is 1.95 bits per heavy atom. The van der Waals surface area contributed by atoms with Crippen molar-refractivity contribution in [1.29, 1.82) is 0 Å². The molecule has 1 aromatic rings. The van der Waals surface area contributed by atoms with Crippen LogP contribution in [0.5, 0.6) is 0 Å². The van der Waals surface area contributed by atoms with Crippen molar-refractivity contribution >= 4 is 31.8 Å². The second-order valence-corrected chi connectivity index (χ2v) is 8.43. The van der Waals surface area contributed by atoms with Gasteiger partial charge >= 0.3 is 6.09 Å². The Morgan fingerprint density at radius 1 is 1.37 bits per heavy atom. The molecule has 6 heteroatoms.